The van der Waals surface area contributed by atoms with Crippen molar-refractivity contribution in [2.24, 2.45) is 0 Å². The van der Waals surface area contributed by atoms with Gasteiger partial charge in [-0.25, -0.2) is 0 Å². The fourth-order valence-corrected chi connectivity index (χ4v) is 2.06. The summed E-state index contributed by atoms with van der Waals surface area (Å²) in [5.41, 5.74) is 4.39. The van der Waals surface area contributed by atoms with Crippen LogP contribution < -0.4 is 15.6 Å². The first-order chi connectivity index (χ1) is 12.8. The Kier molecular flexibility index (Phi) is 6.59. The summed E-state index contributed by atoms with van der Waals surface area (Å²) < 4.78 is 42.7. The van der Waals surface area contributed by atoms with Crippen molar-refractivity contribution in [3.8, 4) is 5.75 Å². The number of hydrogen-bond donors (Lipinski definition) is 2. The number of carbonyl (C=O) groups excluding carboxylic acids is 2. The lowest BCUT2D eigenvalue weighted by atomic mass is 10.1. The lowest BCUT2D eigenvalue weighted by Crippen LogP contribution is -2.40. The van der Waals surface area contributed by atoms with E-state index in [4.69, 9.17) is 4.74 Å². The highest BCUT2D eigenvalue weighted by atomic mass is 19.4. The molecule has 2 rings (SSSR count). The highest BCUT2D eigenvalue weighted by Gasteiger charge is 2.29. The van der Waals surface area contributed by atoms with Crippen LogP contribution in [-0.2, 0) is 11.0 Å². The molecule has 0 bridgehead atoms. The topological polar surface area (TPSA) is 67.4 Å². The van der Waals surface area contributed by atoms with Gasteiger partial charge in [-0.3, -0.25) is 20.4 Å². The average molecular weight is 378 g/mol. The molecule has 2 aromatic carbocycles. The van der Waals surface area contributed by atoms with Gasteiger partial charge < -0.3 is 4.74 Å². The van der Waals surface area contributed by atoms with Crippen LogP contribution in [0.5, 0.6) is 5.75 Å². The van der Waals surface area contributed by atoms with Gasteiger partial charge in [0.05, 0.1) is 12.2 Å². The highest BCUT2D eigenvalue weighted by Crippen LogP contribution is 2.29. The predicted octanol–water partition coefficient (Wildman–Crippen LogP) is 3.58. The zero-order valence-electron chi connectivity index (χ0n) is 14.3. The number of hydrogen-bond acceptors (Lipinski definition) is 3. The van der Waals surface area contributed by atoms with Gasteiger partial charge in [-0.05, 0) is 55.0 Å². The zero-order chi connectivity index (χ0) is 19.9. The minimum atomic E-state index is -4.41. The zero-order valence-corrected chi connectivity index (χ0v) is 14.3. The fourth-order valence-electron chi connectivity index (χ4n) is 2.06. The van der Waals surface area contributed by atoms with E-state index >= 15 is 0 Å². The van der Waals surface area contributed by atoms with Crippen LogP contribution in [-0.4, -0.2) is 18.4 Å². The number of rotatable bonds is 5. The van der Waals surface area contributed by atoms with Crippen LogP contribution in [0.15, 0.2) is 54.6 Å². The summed E-state index contributed by atoms with van der Waals surface area (Å²) in [5, 5.41) is 0. The summed E-state index contributed by atoms with van der Waals surface area (Å²) in [4.78, 5) is 23.6. The van der Waals surface area contributed by atoms with Gasteiger partial charge in [-0.2, -0.15) is 13.2 Å². The Morgan fingerprint density at radius 2 is 1.63 bits per heavy atom. The molecule has 2 aromatic rings. The molecule has 2 N–H and O–H groups in total. The molecule has 0 radical (unpaired) electrons. The molecular weight excluding hydrogens is 361 g/mol. The van der Waals surface area contributed by atoms with E-state index in [1.165, 1.54) is 18.2 Å². The third kappa shape index (κ3) is 6.18. The van der Waals surface area contributed by atoms with Gasteiger partial charge in [0, 0.05) is 11.6 Å². The summed E-state index contributed by atoms with van der Waals surface area (Å²) >= 11 is 0. The van der Waals surface area contributed by atoms with Crippen molar-refractivity contribution in [1.29, 1.82) is 0 Å². The molecule has 27 heavy (non-hydrogen) atoms. The standard InChI is InChI=1S/C19H17F3N2O3/c1-2-27-16-10-6-14(7-11-16)18(26)24-23-17(25)12-5-13-3-8-15(9-4-13)19(20,21)22/h3-12H,2H2,1H3,(H,23,25)(H,24,26)/b12-5+. The molecule has 142 valence electrons. The molecule has 0 saturated carbocycles. The first kappa shape index (κ1) is 20.0. The number of benzene rings is 2. The van der Waals surface area contributed by atoms with Crippen molar-refractivity contribution in [2.45, 2.75) is 13.1 Å². The van der Waals surface area contributed by atoms with E-state index in [0.717, 1.165) is 18.2 Å². The van der Waals surface area contributed by atoms with Crippen LogP contribution in [0, 0.1) is 0 Å². The van der Waals surface area contributed by atoms with Gasteiger partial charge in [0.15, 0.2) is 0 Å². The summed E-state index contributed by atoms with van der Waals surface area (Å²) in [6.45, 7) is 2.35. The van der Waals surface area contributed by atoms with Gasteiger partial charge in [0.25, 0.3) is 11.8 Å². The molecule has 0 aliphatic rings. The molecular formula is C19H17F3N2O3. The van der Waals surface area contributed by atoms with Crippen molar-refractivity contribution >= 4 is 17.9 Å². The van der Waals surface area contributed by atoms with Crippen LogP contribution in [0.2, 0.25) is 0 Å². The van der Waals surface area contributed by atoms with Gasteiger partial charge in [0.2, 0.25) is 0 Å². The fraction of sp³-hybridized carbons (Fsp3) is 0.158. The first-order valence-electron chi connectivity index (χ1n) is 7.98. The van der Waals surface area contributed by atoms with Crippen LogP contribution >= 0.6 is 0 Å². The number of halogens is 3. The molecule has 0 aliphatic heterocycles. The molecule has 0 unspecified atom stereocenters. The quantitative estimate of drug-likeness (QED) is 0.617. The number of alkyl halides is 3. The molecule has 0 spiro atoms. The monoisotopic (exact) mass is 378 g/mol. The Labute approximate surface area is 153 Å². The van der Waals surface area contributed by atoms with Gasteiger partial charge in [-0.1, -0.05) is 12.1 Å². The molecule has 0 aromatic heterocycles. The molecule has 0 aliphatic carbocycles. The van der Waals surface area contributed by atoms with Gasteiger partial charge in [-0.15, -0.1) is 0 Å². The summed E-state index contributed by atoms with van der Waals surface area (Å²) in [7, 11) is 0. The van der Waals surface area contributed by atoms with Crippen molar-refractivity contribution < 1.29 is 27.5 Å². The van der Waals surface area contributed by atoms with E-state index in [-0.39, 0.29) is 0 Å². The van der Waals surface area contributed by atoms with E-state index in [1.807, 2.05) is 6.92 Å². The Hall–Kier alpha value is -3.29. The second-order valence-electron chi connectivity index (χ2n) is 5.35. The van der Waals surface area contributed by atoms with Crippen LogP contribution in [0.3, 0.4) is 0 Å². The van der Waals surface area contributed by atoms with E-state index in [2.05, 4.69) is 10.9 Å². The minimum absolute atomic E-state index is 0.325. The smallest absolute Gasteiger partial charge is 0.416 e. The average Bonchev–Trinajstić information content (AvgIpc) is 2.65. The minimum Gasteiger partial charge on any atom is -0.494 e. The Balaban J connectivity index is 1.86. The molecule has 5 nitrogen and oxygen atoms in total. The molecule has 0 saturated heterocycles. The summed E-state index contributed by atoms with van der Waals surface area (Å²) in [5.74, 6) is -0.527. The molecule has 0 fully saturated rings. The highest BCUT2D eigenvalue weighted by molar-refractivity contribution is 5.97. The molecule has 0 heterocycles. The molecule has 2 amide bonds. The second kappa shape index (κ2) is 8.88. The van der Waals surface area contributed by atoms with Crippen LogP contribution in [0.4, 0.5) is 13.2 Å². The third-order valence-electron chi connectivity index (χ3n) is 3.39. The van der Waals surface area contributed by atoms with Crippen molar-refractivity contribution in [3.05, 3.63) is 71.3 Å². The van der Waals surface area contributed by atoms with Gasteiger partial charge >= 0.3 is 6.18 Å². The number of hydrazine groups is 1. The Morgan fingerprint density at radius 3 is 2.19 bits per heavy atom. The summed E-state index contributed by atoms with van der Waals surface area (Å²) in [6, 6.07) is 10.7. The number of nitrogens with one attached hydrogen (secondary N) is 2. The maximum absolute atomic E-state index is 12.5. The molecule has 8 heteroatoms. The van der Waals surface area contributed by atoms with Crippen molar-refractivity contribution in [3.63, 3.8) is 0 Å². The van der Waals surface area contributed by atoms with E-state index in [1.54, 1.807) is 24.3 Å². The van der Waals surface area contributed by atoms with Crippen LogP contribution in [0.25, 0.3) is 6.08 Å². The largest absolute Gasteiger partial charge is 0.494 e. The SMILES string of the molecule is CCOc1ccc(C(=O)NNC(=O)/C=C/c2ccc(C(F)(F)F)cc2)cc1. The number of carbonyl (C=O) groups is 2. The van der Waals surface area contributed by atoms with E-state index < -0.39 is 23.6 Å². The lowest BCUT2D eigenvalue weighted by Gasteiger charge is -2.07. The van der Waals surface area contributed by atoms with Gasteiger partial charge in [0.1, 0.15) is 5.75 Å². The summed E-state index contributed by atoms with van der Waals surface area (Å²) in [6.07, 6.45) is -1.98. The van der Waals surface area contributed by atoms with Crippen molar-refractivity contribution in [1.82, 2.24) is 10.9 Å². The van der Waals surface area contributed by atoms with Crippen LogP contribution in [0.1, 0.15) is 28.4 Å². The first-order valence-corrected chi connectivity index (χ1v) is 7.98. The number of amides is 2. The predicted molar refractivity (Wildman–Crippen MR) is 93.7 cm³/mol. The number of ether oxygens (including phenoxy) is 1. The Morgan fingerprint density at radius 1 is 1.00 bits per heavy atom. The third-order valence-corrected chi connectivity index (χ3v) is 3.39. The van der Waals surface area contributed by atoms with E-state index in [9.17, 15) is 22.8 Å². The normalized spacial score (nSPS) is 11.3. The van der Waals surface area contributed by atoms with Crippen molar-refractivity contribution in [2.75, 3.05) is 6.61 Å². The maximum atomic E-state index is 12.5. The molecule has 0 atom stereocenters. The maximum Gasteiger partial charge on any atom is 0.416 e. The van der Waals surface area contributed by atoms with E-state index in [0.29, 0.717) is 23.5 Å². The lowest BCUT2D eigenvalue weighted by molar-refractivity contribution is -0.137. The second-order valence-corrected chi connectivity index (χ2v) is 5.35. The Bertz CT molecular complexity index is 814.